The minimum Gasteiger partial charge on any atom is -0.494 e. The molecule has 1 aromatic carbocycles. The van der Waals surface area contributed by atoms with Crippen LogP contribution in [0.1, 0.15) is 45.4 Å². The Labute approximate surface area is 129 Å². The zero-order valence-electron chi connectivity index (χ0n) is 13.4. The molecule has 1 saturated heterocycles. The molecule has 0 N–H and O–H groups in total. The first-order valence-electron chi connectivity index (χ1n) is 8.45. The molecule has 3 heteroatoms. The Balaban J connectivity index is 1.68. The lowest BCUT2D eigenvalue weighted by Gasteiger charge is -2.29. The summed E-state index contributed by atoms with van der Waals surface area (Å²) in [5.74, 6) is 0.993. The van der Waals surface area contributed by atoms with Crippen molar-refractivity contribution in [2.24, 2.45) is 0 Å². The number of nitrogens with zero attached hydrogens (tertiary/aromatic N) is 1. The number of anilines is 1. The summed E-state index contributed by atoms with van der Waals surface area (Å²) in [7, 11) is 0. The Morgan fingerprint density at radius 2 is 1.81 bits per heavy atom. The number of morpholine rings is 1. The summed E-state index contributed by atoms with van der Waals surface area (Å²) in [5.41, 5.74) is 1.25. The van der Waals surface area contributed by atoms with Crippen LogP contribution in [0.4, 0.5) is 5.69 Å². The van der Waals surface area contributed by atoms with Gasteiger partial charge in [-0.15, -0.1) is 0 Å². The van der Waals surface area contributed by atoms with Crippen LogP contribution in [0.25, 0.3) is 0 Å². The predicted octanol–water partition coefficient (Wildman–Crippen LogP) is 4.26. The van der Waals surface area contributed by atoms with E-state index in [0.29, 0.717) is 0 Å². The van der Waals surface area contributed by atoms with Crippen molar-refractivity contribution in [3.05, 3.63) is 24.3 Å². The highest BCUT2D eigenvalue weighted by Crippen LogP contribution is 2.22. The molecular formula is C18H29NO2. The maximum absolute atomic E-state index is 5.89. The van der Waals surface area contributed by atoms with E-state index in [2.05, 4.69) is 36.1 Å². The van der Waals surface area contributed by atoms with Crippen molar-refractivity contribution in [2.75, 3.05) is 37.8 Å². The van der Waals surface area contributed by atoms with E-state index >= 15 is 0 Å². The molecule has 0 bridgehead atoms. The van der Waals surface area contributed by atoms with Crippen LogP contribution in [0.15, 0.2) is 24.3 Å². The molecule has 3 nitrogen and oxygen atoms in total. The van der Waals surface area contributed by atoms with Crippen LogP contribution in [-0.4, -0.2) is 32.9 Å². The third-order valence-corrected chi connectivity index (χ3v) is 3.96. The fraction of sp³-hybridized carbons (Fsp3) is 0.667. The van der Waals surface area contributed by atoms with Gasteiger partial charge in [0.15, 0.2) is 0 Å². The molecule has 0 spiro atoms. The van der Waals surface area contributed by atoms with Gasteiger partial charge >= 0.3 is 0 Å². The van der Waals surface area contributed by atoms with E-state index in [-0.39, 0.29) is 0 Å². The van der Waals surface area contributed by atoms with E-state index in [1.165, 1.54) is 37.8 Å². The van der Waals surface area contributed by atoms with Crippen LogP contribution in [0, 0.1) is 0 Å². The second kappa shape index (κ2) is 9.67. The number of hydrogen-bond donors (Lipinski definition) is 0. The molecular weight excluding hydrogens is 262 g/mol. The average Bonchev–Trinajstić information content (AvgIpc) is 2.55. The number of hydrogen-bond acceptors (Lipinski definition) is 3. The second-order valence-electron chi connectivity index (χ2n) is 5.71. The normalized spacial score (nSPS) is 15.2. The van der Waals surface area contributed by atoms with Crippen molar-refractivity contribution in [1.82, 2.24) is 0 Å². The predicted molar refractivity (Wildman–Crippen MR) is 88.3 cm³/mol. The molecule has 118 valence electrons. The molecule has 0 aromatic heterocycles. The van der Waals surface area contributed by atoms with E-state index in [9.17, 15) is 0 Å². The topological polar surface area (TPSA) is 21.7 Å². The molecule has 0 aliphatic carbocycles. The zero-order chi connectivity index (χ0) is 14.8. The van der Waals surface area contributed by atoms with Gasteiger partial charge in [0.2, 0.25) is 0 Å². The fourth-order valence-corrected chi connectivity index (χ4v) is 2.66. The standard InChI is InChI=1S/C18H29NO2/c1-2-3-4-5-6-7-13-21-18-10-8-9-17(16-18)19-11-14-20-15-12-19/h8-10,16H,2-7,11-15H2,1H3. The molecule has 1 aliphatic rings. The maximum Gasteiger partial charge on any atom is 0.121 e. The highest BCUT2D eigenvalue weighted by molar-refractivity contribution is 5.50. The van der Waals surface area contributed by atoms with Gasteiger partial charge < -0.3 is 14.4 Å². The summed E-state index contributed by atoms with van der Waals surface area (Å²) in [6.07, 6.45) is 7.82. The van der Waals surface area contributed by atoms with Crippen LogP contribution in [0.2, 0.25) is 0 Å². The largest absolute Gasteiger partial charge is 0.494 e. The van der Waals surface area contributed by atoms with Gasteiger partial charge in [0.25, 0.3) is 0 Å². The minimum atomic E-state index is 0.822. The van der Waals surface area contributed by atoms with Gasteiger partial charge in [-0.1, -0.05) is 45.1 Å². The molecule has 0 atom stereocenters. The number of benzene rings is 1. The Bertz CT molecular complexity index is 389. The second-order valence-corrected chi connectivity index (χ2v) is 5.71. The van der Waals surface area contributed by atoms with Crippen LogP contribution in [0.3, 0.4) is 0 Å². The molecule has 0 unspecified atom stereocenters. The molecule has 2 rings (SSSR count). The van der Waals surface area contributed by atoms with Crippen LogP contribution in [0.5, 0.6) is 5.75 Å². The van der Waals surface area contributed by atoms with Crippen molar-refractivity contribution in [3.8, 4) is 5.75 Å². The highest BCUT2D eigenvalue weighted by Gasteiger charge is 2.11. The molecule has 21 heavy (non-hydrogen) atoms. The van der Waals surface area contributed by atoms with Gasteiger partial charge in [0, 0.05) is 24.8 Å². The maximum atomic E-state index is 5.89. The van der Waals surface area contributed by atoms with Crippen molar-refractivity contribution < 1.29 is 9.47 Å². The van der Waals surface area contributed by atoms with Crippen molar-refractivity contribution >= 4 is 5.69 Å². The zero-order valence-corrected chi connectivity index (χ0v) is 13.4. The van der Waals surface area contributed by atoms with Crippen molar-refractivity contribution in [3.63, 3.8) is 0 Å². The van der Waals surface area contributed by atoms with Gasteiger partial charge in [-0.3, -0.25) is 0 Å². The Hall–Kier alpha value is -1.22. The lowest BCUT2D eigenvalue weighted by atomic mass is 10.1. The summed E-state index contributed by atoms with van der Waals surface area (Å²) in [6, 6.07) is 8.45. The Morgan fingerprint density at radius 3 is 2.62 bits per heavy atom. The molecule has 0 saturated carbocycles. The van der Waals surface area contributed by atoms with Crippen molar-refractivity contribution in [1.29, 1.82) is 0 Å². The van der Waals surface area contributed by atoms with Crippen LogP contribution in [-0.2, 0) is 4.74 Å². The number of ether oxygens (including phenoxy) is 2. The lowest BCUT2D eigenvalue weighted by molar-refractivity contribution is 0.122. The fourth-order valence-electron chi connectivity index (χ4n) is 2.66. The lowest BCUT2D eigenvalue weighted by Crippen LogP contribution is -2.36. The summed E-state index contributed by atoms with van der Waals surface area (Å²) < 4.78 is 11.3. The van der Waals surface area contributed by atoms with Crippen LogP contribution < -0.4 is 9.64 Å². The molecule has 1 aromatic rings. The first-order valence-corrected chi connectivity index (χ1v) is 8.45. The molecule has 1 aliphatic heterocycles. The average molecular weight is 291 g/mol. The third-order valence-electron chi connectivity index (χ3n) is 3.96. The Kier molecular flexibility index (Phi) is 7.44. The van der Waals surface area contributed by atoms with Crippen LogP contribution >= 0.6 is 0 Å². The van der Waals surface area contributed by atoms with Gasteiger partial charge in [-0.05, 0) is 18.6 Å². The smallest absolute Gasteiger partial charge is 0.121 e. The van der Waals surface area contributed by atoms with Crippen molar-refractivity contribution in [2.45, 2.75) is 45.4 Å². The first-order chi connectivity index (χ1) is 10.4. The quantitative estimate of drug-likeness (QED) is 0.634. The molecule has 0 radical (unpaired) electrons. The van der Waals surface area contributed by atoms with E-state index in [1.54, 1.807) is 0 Å². The van der Waals surface area contributed by atoms with Gasteiger partial charge in [0.05, 0.1) is 19.8 Å². The Morgan fingerprint density at radius 1 is 1.05 bits per heavy atom. The van der Waals surface area contributed by atoms with Gasteiger partial charge in [-0.25, -0.2) is 0 Å². The van der Waals surface area contributed by atoms with E-state index in [1.807, 2.05) is 0 Å². The first kappa shape index (κ1) is 16.2. The van der Waals surface area contributed by atoms with Gasteiger partial charge in [0.1, 0.15) is 5.75 Å². The molecule has 1 heterocycles. The summed E-state index contributed by atoms with van der Waals surface area (Å²) in [5, 5.41) is 0. The van der Waals surface area contributed by atoms with E-state index < -0.39 is 0 Å². The van der Waals surface area contributed by atoms with Gasteiger partial charge in [-0.2, -0.15) is 0 Å². The summed E-state index contributed by atoms with van der Waals surface area (Å²) >= 11 is 0. The highest BCUT2D eigenvalue weighted by atomic mass is 16.5. The number of unbranched alkanes of at least 4 members (excludes halogenated alkanes) is 5. The summed E-state index contributed by atoms with van der Waals surface area (Å²) in [4.78, 5) is 2.36. The van der Waals surface area contributed by atoms with E-state index in [0.717, 1.165) is 45.1 Å². The summed E-state index contributed by atoms with van der Waals surface area (Å²) in [6.45, 7) is 6.68. The minimum absolute atomic E-state index is 0.822. The monoisotopic (exact) mass is 291 g/mol. The third kappa shape index (κ3) is 5.96. The molecule has 1 fully saturated rings. The SMILES string of the molecule is CCCCCCCCOc1cccc(N2CCOCC2)c1. The molecule has 0 amide bonds. The van der Waals surface area contributed by atoms with E-state index in [4.69, 9.17) is 9.47 Å². The number of rotatable bonds is 9.